The fraction of sp³-hybridized carbons (Fsp3) is 0.435. The highest BCUT2D eigenvalue weighted by molar-refractivity contribution is 7.92. The zero-order valence-corrected chi connectivity index (χ0v) is 20.0. The molecule has 8 heteroatoms. The van der Waals surface area contributed by atoms with E-state index in [-0.39, 0.29) is 12.6 Å². The number of rotatable bonds is 9. The molecule has 1 amide bonds. The molecule has 31 heavy (non-hydrogen) atoms. The molecule has 0 aliphatic rings. The average molecular weight is 449 g/mol. The van der Waals surface area contributed by atoms with Crippen molar-refractivity contribution in [2.45, 2.75) is 53.3 Å². The lowest BCUT2D eigenvalue weighted by Gasteiger charge is -2.29. The smallest absolute Gasteiger partial charge is 0.243 e. The van der Waals surface area contributed by atoms with Crippen molar-refractivity contribution < 1.29 is 22.7 Å². The first kappa shape index (κ1) is 24.5. The highest BCUT2D eigenvalue weighted by Crippen LogP contribution is 2.29. The lowest BCUT2D eigenvalue weighted by molar-refractivity contribution is -0.122. The average Bonchev–Trinajstić information content (AvgIpc) is 2.68. The van der Waals surface area contributed by atoms with Gasteiger partial charge in [-0.2, -0.15) is 0 Å². The molecule has 2 aromatic carbocycles. The molecule has 0 fully saturated rings. The molecular formula is C23H32N2O5S. The van der Waals surface area contributed by atoms with Crippen LogP contribution in [0.4, 0.5) is 5.69 Å². The Balaban J connectivity index is 2.21. The molecule has 1 atom stereocenters. The van der Waals surface area contributed by atoms with Gasteiger partial charge < -0.3 is 14.8 Å². The Morgan fingerprint density at radius 3 is 2.32 bits per heavy atom. The predicted octanol–water partition coefficient (Wildman–Crippen LogP) is 3.57. The number of methoxy groups -OCH3 is 1. The van der Waals surface area contributed by atoms with Crippen molar-refractivity contribution in [1.29, 1.82) is 0 Å². The quantitative estimate of drug-likeness (QED) is 0.634. The third-order valence-corrected chi connectivity index (χ3v) is 5.98. The SMILES string of the molecule is COc1cc(CNC(=O)[C@H](C)N(c2cc(C)ccc2C)S(C)(=O)=O)ccc1OC(C)C. The molecule has 0 aromatic heterocycles. The van der Waals surface area contributed by atoms with Crippen molar-refractivity contribution >= 4 is 21.6 Å². The van der Waals surface area contributed by atoms with Crippen LogP contribution in [0.1, 0.15) is 37.5 Å². The first-order chi connectivity index (χ1) is 14.4. The van der Waals surface area contributed by atoms with Crippen LogP contribution in [0, 0.1) is 13.8 Å². The summed E-state index contributed by atoms with van der Waals surface area (Å²) in [6, 6.07) is 10.0. The standard InChI is InChI=1S/C23H32N2O5S/c1-15(2)30-21-11-10-19(13-22(21)29-6)14-24-23(26)18(5)25(31(7,27)28)20-12-16(3)8-9-17(20)4/h8-13,15,18H,14H2,1-7H3,(H,24,26)/t18-/m0/s1. The number of nitrogens with one attached hydrogen (secondary N) is 1. The van der Waals surface area contributed by atoms with Gasteiger partial charge in [-0.05, 0) is 69.5 Å². The molecule has 2 rings (SSSR count). The highest BCUT2D eigenvalue weighted by Gasteiger charge is 2.30. The monoisotopic (exact) mass is 448 g/mol. The number of amides is 1. The van der Waals surface area contributed by atoms with Crippen molar-refractivity contribution in [1.82, 2.24) is 5.32 Å². The third-order valence-electron chi connectivity index (χ3n) is 4.75. The van der Waals surface area contributed by atoms with Gasteiger partial charge in [-0.25, -0.2) is 8.42 Å². The Hall–Kier alpha value is -2.74. The van der Waals surface area contributed by atoms with E-state index in [1.165, 1.54) is 4.31 Å². The second kappa shape index (κ2) is 10.0. The third kappa shape index (κ3) is 6.37. The maximum absolute atomic E-state index is 12.9. The van der Waals surface area contributed by atoms with Crippen molar-refractivity contribution in [3.63, 3.8) is 0 Å². The van der Waals surface area contributed by atoms with Crippen molar-refractivity contribution in [2.75, 3.05) is 17.7 Å². The minimum atomic E-state index is -3.68. The van der Waals surface area contributed by atoms with Crippen LogP contribution >= 0.6 is 0 Å². The summed E-state index contributed by atoms with van der Waals surface area (Å²) in [4.78, 5) is 12.9. The van der Waals surface area contributed by atoms with Crippen LogP contribution in [-0.4, -0.2) is 39.8 Å². The second-order valence-electron chi connectivity index (χ2n) is 7.89. The Kier molecular flexibility index (Phi) is 7.95. The molecule has 0 heterocycles. The lowest BCUT2D eigenvalue weighted by Crippen LogP contribution is -2.48. The molecule has 0 bridgehead atoms. The van der Waals surface area contributed by atoms with E-state index in [1.54, 1.807) is 32.2 Å². The summed E-state index contributed by atoms with van der Waals surface area (Å²) >= 11 is 0. The van der Waals surface area contributed by atoms with Gasteiger partial charge in [0, 0.05) is 6.54 Å². The zero-order valence-electron chi connectivity index (χ0n) is 19.2. The first-order valence-electron chi connectivity index (χ1n) is 10.1. The van der Waals surface area contributed by atoms with Gasteiger partial charge in [-0.3, -0.25) is 9.10 Å². The van der Waals surface area contributed by atoms with Gasteiger partial charge in [0.25, 0.3) is 0 Å². The number of nitrogens with zero attached hydrogens (tertiary/aromatic N) is 1. The van der Waals surface area contributed by atoms with E-state index in [0.717, 1.165) is 22.9 Å². The van der Waals surface area contributed by atoms with E-state index in [4.69, 9.17) is 9.47 Å². The largest absolute Gasteiger partial charge is 0.493 e. The van der Waals surface area contributed by atoms with E-state index in [2.05, 4.69) is 5.32 Å². The summed E-state index contributed by atoms with van der Waals surface area (Å²) in [5, 5.41) is 2.83. The van der Waals surface area contributed by atoms with Crippen molar-refractivity contribution in [3.05, 3.63) is 53.1 Å². The molecule has 1 N–H and O–H groups in total. The number of carbonyl (C=O) groups is 1. The predicted molar refractivity (Wildman–Crippen MR) is 123 cm³/mol. The normalized spacial score (nSPS) is 12.4. The Labute approximate surface area is 185 Å². The summed E-state index contributed by atoms with van der Waals surface area (Å²) in [6.45, 7) is 9.37. The number of hydrogen-bond acceptors (Lipinski definition) is 5. The Bertz CT molecular complexity index is 1030. The van der Waals surface area contributed by atoms with Gasteiger partial charge in [-0.1, -0.05) is 18.2 Å². The summed E-state index contributed by atoms with van der Waals surface area (Å²) in [7, 11) is -2.12. The van der Waals surface area contributed by atoms with Crippen LogP contribution in [0.25, 0.3) is 0 Å². The van der Waals surface area contributed by atoms with Gasteiger partial charge in [0.15, 0.2) is 11.5 Å². The zero-order chi connectivity index (χ0) is 23.3. The maximum atomic E-state index is 12.9. The maximum Gasteiger partial charge on any atom is 0.243 e. The second-order valence-corrected chi connectivity index (χ2v) is 9.75. The topological polar surface area (TPSA) is 84.9 Å². The molecular weight excluding hydrogens is 416 g/mol. The van der Waals surface area contributed by atoms with Crippen molar-refractivity contribution in [2.24, 2.45) is 0 Å². The van der Waals surface area contributed by atoms with Crippen LogP contribution in [0.15, 0.2) is 36.4 Å². The number of sulfonamides is 1. The Morgan fingerprint density at radius 1 is 1.06 bits per heavy atom. The van der Waals surface area contributed by atoms with Crippen LogP contribution in [0.3, 0.4) is 0 Å². The number of anilines is 1. The fourth-order valence-electron chi connectivity index (χ4n) is 3.25. The van der Waals surface area contributed by atoms with Crippen molar-refractivity contribution in [3.8, 4) is 11.5 Å². The minimum Gasteiger partial charge on any atom is -0.493 e. The van der Waals surface area contributed by atoms with E-state index >= 15 is 0 Å². The molecule has 0 aliphatic carbocycles. The number of aryl methyl sites for hydroxylation is 2. The molecule has 0 unspecified atom stereocenters. The van der Waals surface area contributed by atoms with E-state index in [0.29, 0.717) is 17.2 Å². The van der Waals surface area contributed by atoms with Crippen LogP contribution in [-0.2, 0) is 21.4 Å². The number of ether oxygens (including phenoxy) is 2. The summed E-state index contributed by atoms with van der Waals surface area (Å²) < 4.78 is 37.3. The molecule has 0 saturated carbocycles. The van der Waals surface area contributed by atoms with Gasteiger partial charge in [0.05, 0.1) is 25.2 Å². The molecule has 2 aromatic rings. The van der Waals surface area contributed by atoms with Gasteiger partial charge in [0.2, 0.25) is 15.9 Å². The van der Waals surface area contributed by atoms with E-state index in [9.17, 15) is 13.2 Å². The molecule has 0 radical (unpaired) electrons. The summed E-state index contributed by atoms with van der Waals surface area (Å²) in [5.74, 6) is 0.800. The fourth-order valence-corrected chi connectivity index (χ4v) is 4.47. The van der Waals surface area contributed by atoms with Crippen LogP contribution < -0.4 is 19.1 Å². The molecule has 170 valence electrons. The van der Waals surface area contributed by atoms with E-state index < -0.39 is 22.0 Å². The van der Waals surface area contributed by atoms with Gasteiger partial charge >= 0.3 is 0 Å². The molecule has 0 spiro atoms. The summed E-state index contributed by atoms with van der Waals surface area (Å²) in [5.41, 5.74) is 3.01. The van der Waals surface area contributed by atoms with E-state index in [1.807, 2.05) is 45.9 Å². The number of benzene rings is 2. The van der Waals surface area contributed by atoms with Crippen LogP contribution in [0.5, 0.6) is 11.5 Å². The first-order valence-corrected chi connectivity index (χ1v) is 12.0. The Morgan fingerprint density at radius 2 is 1.74 bits per heavy atom. The number of carbonyl (C=O) groups excluding carboxylic acids is 1. The molecule has 7 nitrogen and oxygen atoms in total. The van der Waals surface area contributed by atoms with Crippen LogP contribution in [0.2, 0.25) is 0 Å². The highest BCUT2D eigenvalue weighted by atomic mass is 32.2. The van der Waals surface area contributed by atoms with Gasteiger partial charge in [-0.15, -0.1) is 0 Å². The lowest BCUT2D eigenvalue weighted by atomic mass is 10.1. The number of hydrogen-bond donors (Lipinski definition) is 1. The molecule has 0 aliphatic heterocycles. The molecule has 0 saturated heterocycles. The summed E-state index contributed by atoms with van der Waals surface area (Å²) in [6.07, 6.45) is 1.11. The minimum absolute atomic E-state index is 0.00681. The van der Waals surface area contributed by atoms with Gasteiger partial charge in [0.1, 0.15) is 6.04 Å².